The molecule has 0 aromatic heterocycles. The van der Waals surface area contributed by atoms with Crippen molar-refractivity contribution in [2.45, 2.75) is 13.0 Å². The molecule has 2 aromatic rings. The predicted molar refractivity (Wildman–Crippen MR) is 99.8 cm³/mol. The van der Waals surface area contributed by atoms with Crippen molar-refractivity contribution >= 4 is 16.1 Å². The van der Waals surface area contributed by atoms with Crippen molar-refractivity contribution in [1.29, 1.82) is 0 Å². The molecule has 0 amide bonds. The maximum Gasteiger partial charge on any atom is 0.233 e. The second-order valence-electron chi connectivity index (χ2n) is 5.73. The Hall–Kier alpha value is -1.95. The minimum Gasteiger partial charge on any atom is -0.302 e. The highest BCUT2D eigenvalue weighted by Crippen LogP contribution is 2.04. The van der Waals surface area contributed by atoms with Crippen LogP contribution in [0.1, 0.15) is 17.5 Å². The standard InChI is InChI=1S/C19H24N2O2S/c1-21(17-19-11-6-3-7-12-19)15-8-14-20-24(22,23)16-13-18-9-4-2-5-10-18/h2-7,9-13,16,20H,8,14-15,17H2,1H3/b16-13+. The summed E-state index contributed by atoms with van der Waals surface area (Å²) in [6, 6.07) is 19.6. The quantitative estimate of drug-likeness (QED) is 0.711. The molecule has 0 aliphatic carbocycles. The van der Waals surface area contributed by atoms with Crippen LogP contribution < -0.4 is 4.72 Å². The lowest BCUT2D eigenvalue weighted by molar-refractivity contribution is 0.322. The molecule has 0 spiro atoms. The molecule has 128 valence electrons. The van der Waals surface area contributed by atoms with Crippen LogP contribution in [0.3, 0.4) is 0 Å². The molecule has 0 unspecified atom stereocenters. The van der Waals surface area contributed by atoms with Gasteiger partial charge in [0, 0.05) is 18.5 Å². The van der Waals surface area contributed by atoms with Crippen molar-refractivity contribution in [3.05, 3.63) is 77.2 Å². The summed E-state index contributed by atoms with van der Waals surface area (Å²) < 4.78 is 26.5. The molecule has 0 aliphatic rings. The van der Waals surface area contributed by atoms with Gasteiger partial charge in [0.05, 0.1) is 0 Å². The molecule has 0 aliphatic heterocycles. The third kappa shape index (κ3) is 7.08. The number of sulfonamides is 1. The Kier molecular flexibility index (Phi) is 7.18. The van der Waals surface area contributed by atoms with E-state index in [1.54, 1.807) is 6.08 Å². The molecule has 24 heavy (non-hydrogen) atoms. The van der Waals surface area contributed by atoms with Crippen LogP contribution in [0, 0.1) is 0 Å². The van der Waals surface area contributed by atoms with Gasteiger partial charge >= 0.3 is 0 Å². The highest BCUT2D eigenvalue weighted by molar-refractivity contribution is 7.92. The van der Waals surface area contributed by atoms with Crippen LogP contribution in [0.5, 0.6) is 0 Å². The van der Waals surface area contributed by atoms with E-state index in [0.29, 0.717) is 6.54 Å². The van der Waals surface area contributed by atoms with E-state index in [1.165, 1.54) is 11.0 Å². The average molecular weight is 344 g/mol. The Morgan fingerprint density at radius 3 is 2.29 bits per heavy atom. The van der Waals surface area contributed by atoms with Gasteiger partial charge in [0.25, 0.3) is 0 Å². The largest absolute Gasteiger partial charge is 0.302 e. The molecule has 1 N–H and O–H groups in total. The van der Waals surface area contributed by atoms with Crippen LogP contribution in [0.4, 0.5) is 0 Å². The van der Waals surface area contributed by atoms with Crippen LogP contribution in [0.25, 0.3) is 6.08 Å². The summed E-state index contributed by atoms with van der Waals surface area (Å²) in [7, 11) is -1.35. The smallest absolute Gasteiger partial charge is 0.233 e. The van der Waals surface area contributed by atoms with Crippen molar-refractivity contribution in [3.63, 3.8) is 0 Å². The van der Waals surface area contributed by atoms with E-state index in [1.807, 2.05) is 55.6 Å². The van der Waals surface area contributed by atoms with Crippen LogP contribution in [-0.2, 0) is 16.6 Å². The summed E-state index contributed by atoms with van der Waals surface area (Å²) in [5, 5.41) is 1.22. The van der Waals surface area contributed by atoms with Crippen molar-refractivity contribution < 1.29 is 8.42 Å². The zero-order valence-corrected chi connectivity index (χ0v) is 14.7. The zero-order valence-electron chi connectivity index (χ0n) is 13.9. The van der Waals surface area contributed by atoms with E-state index in [0.717, 1.165) is 25.1 Å². The minimum absolute atomic E-state index is 0.431. The lowest BCUT2D eigenvalue weighted by Gasteiger charge is -2.16. The lowest BCUT2D eigenvalue weighted by Crippen LogP contribution is -2.26. The molecular weight excluding hydrogens is 320 g/mol. The number of hydrogen-bond acceptors (Lipinski definition) is 3. The van der Waals surface area contributed by atoms with E-state index in [-0.39, 0.29) is 0 Å². The van der Waals surface area contributed by atoms with E-state index in [9.17, 15) is 8.42 Å². The van der Waals surface area contributed by atoms with Gasteiger partial charge in [-0.1, -0.05) is 60.7 Å². The SMILES string of the molecule is CN(CCCNS(=O)(=O)/C=C/c1ccccc1)Cc1ccccc1. The van der Waals surface area contributed by atoms with Gasteiger partial charge in [-0.15, -0.1) is 0 Å². The number of nitrogens with one attached hydrogen (secondary N) is 1. The molecule has 0 bridgehead atoms. The van der Waals surface area contributed by atoms with Crippen molar-refractivity contribution in [3.8, 4) is 0 Å². The molecule has 2 aromatic carbocycles. The molecule has 0 heterocycles. The van der Waals surface area contributed by atoms with Crippen LogP contribution in [0.15, 0.2) is 66.1 Å². The maximum absolute atomic E-state index is 11.9. The van der Waals surface area contributed by atoms with Gasteiger partial charge in [-0.05, 0) is 37.2 Å². The van der Waals surface area contributed by atoms with E-state index < -0.39 is 10.0 Å². The third-order valence-electron chi connectivity index (χ3n) is 3.55. The first kappa shape index (κ1) is 18.4. The first-order valence-corrected chi connectivity index (χ1v) is 9.55. The zero-order chi connectivity index (χ0) is 17.3. The molecule has 4 nitrogen and oxygen atoms in total. The normalized spacial score (nSPS) is 12.1. The lowest BCUT2D eigenvalue weighted by atomic mass is 10.2. The van der Waals surface area contributed by atoms with Gasteiger partial charge < -0.3 is 4.90 Å². The summed E-state index contributed by atoms with van der Waals surface area (Å²) in [6.45, 7) is 2.13. The van der Waals surface area contributed by atoms with Crippen LogP contribution in [-0.4, -0.2) is 33.5 Å². The Morgan fingerprint density at radius 2 is 1.62 bits per heavy atom. The van der Waals surface area contributed by atoms with Crippen molar-refractivity contribution in [1.82, 2.24) is 9.62 Å². The monoisotopic (exact) mass is 344 g/mol. The van der Waals surface area contributed by atoms with Gasteiger partial charge in [0.1, 0.15) is 0 Å². The van der Waals surface area contributed by atoms with E-state index >= 15 is 0 Å². The minimum atomic E-state index is -3.39. The topological polar surface area (TPSA) is 49.4 Å². The molecule has 0 saturated heterocycles. The summed E-state index contributed by atoms with van der Waals surface area (Å²) >= 11 is 0. The van der Waals surface area contributed by atoms with Crippen molar-refractivity contribution in [2.24, 2.45) is 0 Å². The average Bonchev–Trinajstić information content (AvgIpc) is 2.59. The number of hydrogen-bond donors (Lipinski definition) is 1. The number of nitrogens with zero attached hydrogens (tertiary/aromatic N) is 1. The number of benzene rings is 2. The molecule has 2 rings (SSSR count). The third-order valence-corrected chi connectivity index (χ3v) is 4.66. The van der Waals surface area contributed by atoms with Crippen LogP contribution >= 0.6 is 0 Å². The summed E-state index contributed by atoms with van der Waals surface area (Å²) in [6.07, 6.45) is 2.37. The Labute approximate surface area is 144 Å². The van der Waals surface area contributed by atoms with Crippen LogP contribution in [0.2, 0.25) is 0 Å². The Balaban J connectivity index is 1.70. The summed E-state index contributed by atoms with van der Waals surface area (Å²) in [5.41, 5.74) is 2.12. The van der Waals surface area contributed by atoms with Gasteiger partial charge in [0.15, 0.2) is 0 Å². The molecule has 5 heteroatoms. The fourth-order valence-electron chi connectivity index (χ4n) is 2.32. The maximum atomic E-state index is 11.9. The first-order chi connectivity index (χ1) is 11.6. The van der Waals surface area contributed by atoms with Gasteiger partial charge in [0.2, 0.25) is 10.0 Å². The second-order valence-corrected chi connectivity index (χ2v) is 7.38. The number of rotatable bonds is 9. The predicted octanol–water partition coefficient (Wildman–Crippen LogP) is 3.10. The molecular formula is C19H24N2O2S. The fourth-order valence-corrected chi connectivity index (χ4v) is 3.18. The molecule has 0 radical (unpaired) electrons. The van der Waals surface area contributed by atoms with Crippen molar-refractivity contribution in [2.75, 3.05) is 20.1 Å². The summed E-state index contributed by atoms with van der Waals surface area (Å²) in [5.74, 6) is 0. The second kappa shape index (κ2) is 9.37. The Morgan fingerprint density at radius 1 is 1.00 bits per heavy atom. The van der Waals surface area contributed by atoms with Gasteiger partial charge in [-0.2, -0.15) is 0 Å². The van der Waals surface area contributed by atoms with Gasteiger partial charge in [-0.3, -0.25) is 0 Å². The van der Waals surface area contributed by atoms with E-state index in [4.69, 9.17) is 0 Å². The molecule has 0 atom stereocenters. The van der Waals surface area contributed by atoms with E-state index in [2.05, 4.69) is 21.8 Å². The Bertz CT molecular complexity index is 728. The molecule has 0 saturated carbocycles. The summed E-state index contributed by atoms with van der Waals surface area (Å²) in [4.78, 5) is 2.18. The first-order valence-electron chi connectivity index (χ1n) is 8.00. The fraction of sp³-hybridized carbons (Fsp3) is 0.263. The van der Waals surface area contributed by atoms with Gasteiger partial charge in [-0.25, -0.2) is 13.1 Å². The highest BCUT2D eigenvalue weighted by Gasteiger charge is 2.05. The molecule has 0 fully saturated rings. The highest BCUT2D eigenvalue weighted by atomic mass is 32.2.